The molecular formula is C50H68N6O8. The minimum atomic E-state index is -1.22. The molecule has 64 heavy (non-hydrogen) atoms. The van der Waals surface area contributed by atoms with Gasteiger partial charge in [-0.05, 0) is 85.3 Å². The maximum absolute atomic E-state index is 14.7. The first-order valence-electron chi connectivity index (χ1n) is 22.7. The van der Waals surface area contributed by atoms with Crippen LogP contribution in [0.1, 0.15) is 118 Å². The number of ether oxygens (including phenoxy) is 3. The van der Waals surface area contributed by atoms with Gasteiger partial charge in [0.1, 0.15) is 36.5 Å². The molecule has 0 radical (unpaired) electrons. The van der Waals surface area contributed by atoms with Crippen LogP contribution in [-0.4, -0.2) is 87.1 Å². The Kier molecular flexibility index (Phi) is 20.9. The van der Waals surface area contributed by atoms with Crippen LogP contribution in [0, 0.1) is 23.2 Å². The van der Waals surface area contributed by atoms with Crippen molar-refractivity contribution in [1.29, 1.82) is 5.26 Å². The Morgan fingerprint density at radius 2 is 1.53 bits per heavy atom. The molecule has 0 saturated carbocycles. The number of nitrogens with zero attached hydrogens (tertiary/aromatic N) is 2. The van der Waals surface area contributed by atoms with Crippen LogP contribution in [0.2, 0.25) is 0 Å². The number of methoxy groups -OCH3 is 1. The maximum Gasteiger partial charge on any atom is 0.226 e. The number of likely N-dealkylation sites (N-methyl/N-ethyl adjacent to an activating group) is 1. The number of carbonyl (C=O) groups is 5. The Morgan fingerprint density at radius 3 is 2.19 bits per heavy atom. The number of ketones is 3. The van der Waals surface area contributed by atoms with Crippen molar-refractivity contribution in [3.63, 3.8) is 0 Å². The van der Waals surface area contributed by atoms with Gasteiger partial charge < -0.3 is 41.6 Å². The van der Waals surface area contributed by atoms with Crippen LogP contribution >= 0.6 is 0 Å². The second kappa shape index (κ2) is 26.2. The van der Waals surface area contributed by atoms with Crippen molar-refractivity contribution in [3.8, 4) is 34.4 Å². The zero-order valence-electron chi connectivity index (χ0n) is 38.1. The molecule has 4 rings (SSSR count). The third-order valence-electron chi connectivity index (χ3n) is 11.7. The Labute approximate surface area is 378 Å². The van der Waals surface area contributed by atoms with Crippen LogP contribution in [-0.2, 0) is 32.0 Å². The van der Waals surface area contributed by atoms with Gasteiger partial charge >= 0.3 is 0 Å². The van der Waals surface area contributed by atoms with E-state index < -0.39 is 41.5 Å². The van der Waals surface area contributed by atoms with Gasteiger partial charge in [0.15, 0.2) is 17.3 Å². The van der Waals surface area contributed by atoms with Crippen molar-refractivity contribution in [1.82, 2.24) is 10.2 Å². The molecule has 0 spiro atoms. The molecule has 3 aromatic rings. The first kappa shape index (κ1) is 51.0. The van der Waals surface area contributed by atoms with Crippen LogP contribution in [0.5, 0.6) is 17.2 Å². The highest BCUT2D eigenvalue weighted by molar-refractivity contribution is 6.02. The Morgan fingerprint density at radius 1 is 0.859 bits per heavy atom. The molecule has 14 nitrogen and oxygen atoms in total. The van der Waals surface area contributed by atoms with E-state index in [0.717, 1.165) is 24.8 Å². The summed E-state index contributed by atoms with van der Waals surface area (Å²) in [6.45, 7) is 4.70. The smallest absolute Gasteiger partial charge is 0.226 e. The van der Waals surface area contributed by atoms with Crippen LogP contribution < -0.4 is 36.7 Å². The van der Waals surface area contributed by atoms with E-state index in [9.17, 15) is 29.2 Å². The number of nitrogens with one attached hydrogen (secondary N) is 1. The molecule has 1 aliphatic heterocycles. The predicted octanol–water partition coefficient (Wildman–Crippen LogP) is 6.19. The lowest BCUT2D eigenvalue weighted by atomic mass is 9.88. The lowest BCUT2D eigenvalue weighted by molar-refractivity contribution is -0.142. The number of Topliss-reactive ketones (excluding diaryl/α,β-unsaturated/α-hetero) is 3. The van der Waals surface area contributed by atoms with Gasteiger partial charge in [0.25, 0.3) is 0 Å². The highest BCUT2D eigenvalue weighted by Gasteiger charge is 2.36. The Hall–Kier alpha value is -5.62. The van der Waals surface area contributed by atoms with Crippen molar-refractivity contribution in [2.45, 2.75) is 109 Å². The molecule has 0 aromatic heterocycles. The standard InChI is InChI=1S/C50H68N6O8/c1-5-6-7-8-9-10-12-34-14-17-38(47(30-34)62-4)43(58)32-37(20-22-52)50(61)56(3)48-36-16-19-46(64-26-24-54)40(31-36)39-28-35(15-18-45(39)63-25-23-53)29-41(42(57)13-11-21-51)55-49(60)33(2)27-44(48)59/h14-19,28,30-31,33,37,41,48H,5-13,20,22-27,29,32,52-54H2,1-4H3,(H,55,60)/t33-,37-,41+,48+/m1/s1. The predicted molar refractivity (Wildman–Crippen MR) is 247 cm³/mol. The molecule has 7 N–H and O–H groups in total. The van der Waals surface area contributed by atoms with Crippen molar-refractivity contribution < 1.29 is 38.2 Å². The van der Waals surface area contributed by atoms with Crippen LogP contribution in [0.4, 0.5) is 0 Å². The number of nitriles is 1. The molecule has 14 heteroatoms. The number of benzene rings is 3. The normalized spacial score (nSPS) is 16.8. The SMILES string of the molecule is CCCCCCCCc1ccc(C(=O)C[C@@H](CCN)C(=O)N(C)[C@@H]2C(=O)C[C@@H](C)C(=O)N[C@H](C(=O)CCC#N)Cc3ccc(OCCN)c(c3)-c3cc2ccc3OCCN)c(OC)c1. The third kappa shape index (κ3) is 14.2. The number of aryl methyl sites for hydroxylation is 1. The zero-order chi connectivity index (χ0) is 46.6. The number of hydrogen-bond acceptors (Lipinski definition) is 12. The molecule has 4 atom stereocenters. The number of fused-ring (bicyclic) bond motifs is 5. The fourth-order valence-electron chi connectivity index (χ4n) is 8.21. The van der Waals surface area contributed by atoms with Crippen molar-refractivity contribution in [3.05, 3.63) is 76.9 Å². The number of rotatable bonds is 24. The monoisotopic (exact) mass is 881 g/mol. The van der Waals surface area contributed by atoms with E-state index in [-0.39, 0.29) is 82.9 Å². The molecule has 3 aromatic carbocycles. The van der Waals surface area contributed by atoms with E-state index >= 15 is 0 Å². The molecular weight excluding hydrogens is 813 g/mol. The molecule has 0 aliphatic carbocycles. The molecule has 1 heterocycles. The van der Waals surface area contributed by atoms with E-state index in [4.69, 9.17) is 31.4 Å². The summed E-state index contributed by atoms with van der Waals surface area (Å²) in [6, 6.07) is 15.9. The van der Waals surface area contributed by atoms with E-state index in [1.165, 1.54) is 44.7 Å². The van der Waals surface area contributed by atoms with Crippen LogP contribution in [0.3, 0.4) is 0 Å². The minimum absolute atomic E-state index is 0.0249. The lowest BCUT2D eigenvalue weighted by Crippen LogP contribution is -2.46. The molecule has 2 amide bonds. The van der Waals surface area contributed by atoms with Crippen molar-refractivity contribution in [2.24, 2.45) is 29.0 Å². The molecule has 0 fully saturated rings. The fraction of sp³-hybridized carbons (Fsp3) is 0.520. The first-order chi connectivity index (χ1) is 30.9. The zero-order valence-corrected chi connectivity index (χ0v) is 38.1. The summed E-state index contributed by atoms with van der Waals surface area (Å²) in [4.78, 5) is 72.1. The molecule has 346 valence electrons. The van der Waals surface area contributed by atoms with Gasteiger partial charge in [0, 0.05) is 68.8 Å². The first-order valence-corrected chi connectivity index (χ1v) is 22.7. The van der Waals surface area contributed by atoms with E-state index in [2.05, 4.69) is 12.2 Å². The summed E-state index contributed by atoms with van der Waals surface area (Å²) in [5.74, 6) is -2.55. The Balaban J connectivity index is 1.77. The van der Waals surface area contributed by atoms with Gasteiger partial charge in [0.05, 0.1) is 24.8 Å². The average Bonchev–Trinajstić information content (AvgIpc) is 3.29. The number of amides is 2. The van der Waals surface area contributed by atoms with Gasteiger partial charge in [0.2, 0.25) is 11.8 Å². The highest BCUT2D eigenvalue weighted by Crippen LogP contribution is 2.41. The summed E-state index contributed by atoms with van der Waals surface area (Å²) in [5, 5.41) is 12.1. The fourth-order valence-corrected chi connectivity index (χ4v) is 8.21. The summed E-state index contributed by atoms with van der Waals surface area (Å²) in [6.07, 6.45) is 7.59. The van der Waals surface area contributed by atoms with Gasteiger partial charge in [-0.25, -0.2) is 0 Å². The van der Waals surface area contributed by atoms with Crippen molar-refractivity contribution >= 4 is 29.2 Å². The van der Waals surface area contributed by atoms with Crippen molar-refractivity contribution in [2.75, 3.05) is 47.0 Å². The van der Waals surface area contributed by atoms with Gasteiger partial charge in [-0.1, -0.05) is 64.2 Å². The Bertz CT molecular complexity index is 2100. The van der Waals surface area contributed by atoms with Gasteiger partial charge in [-0.15, -0.1) is 0 Å². The van der Waals surface area contributed by atoms with Crippen LogP contribution in [0.25, 0.3) is 11.1 Å². The third-order valence-corrected chi connectivity index (χ3v) is 11.7. The number of unbranched alkanes of at least 4 members (excludes halogenated alkanes) is 5. The van der Waals surface area contributed by atoms with Gasteiger partial charge in [-0.3, -0.25) is 24.0 Å². The molecule has 4 bridgehead atoms. The summed E-state index contributed by atoms with van der Waals surface area (Å²) < 4.78 is 17.9. The van der Waals surface area contributed by atoms with E-state index in [0.29, 0.717) is 45.1 Å². The van der Waals surface area contributed by atoms with E-state index in [1.54, 1.807) is 43.3 Å². The number of carbonyl (C=O) groups excluding carboxylic acids is 5. The summed E-state index contributed by atoms with van der Waals surface area (Å²) >= 11 is 0. The molecule has 1 aliphatic rings. The maximum atomic E-state index is 14.7. The summed E-state index contributed by atoms with van der Waals surface area (Å²) in [5.41, 5.74) is 21.4. The minimum Gasteiger partial charge on any atom is -0.496 e. The lowest BCUT2D eigenvalue weighted by Gasteiger charge is -2.32. The second-order valence-electron chi connectivity index (χ2n) is 16.6. The molecule has 0 unspecified atom stereocenters. The van der Waals surface area contributed by atoms with E-state index in [1.807, 2.05) is 24.3 Å². The molecule has 0 saturated heterocycles. The van der Waals surface area contributed by atoms with Crippen LogP contribution in [0.15, 0.2) is 54.6 Å². The topological polar surface area (TPSA) is 230 Å². The largest absolute Gasteiger partial charge is 0.496 e. The van der Waals surface area contributed by atoms with Gasteiger partial charge in [-0.2, -0.15) is 5.26 Å². The second-order valence-corrected chi connectivity index (χ2v) is 16.6. The number of nitrogens with two attached hydrogens (primary N) is 3. The summed E-state index contributed by atoms with van der Waals surface area (Å²) in [7, 11) is 3.04. The number of hydrogen-bond donors (Lipinski definition) is 4. The quantitative estimate of drug-likeness (QED) is 0.0584. The average molecular weight is 881 g/mol. The highest BCUT2D eigenvalue weighted by atomic mass is 16.5.